The number of nitrogens with zero attached hydrogens (tertiary/aromatic N) is 4. The lowest BCUT2D eigenvalue weighted by Gasteiger charge is -2.18. The highest BCUT2D eigenvalue weighted by molar-refractivity contribution is 6.07. The molecule has 0 bridgehead atoms. The smallest absolute Gasteiger partial charge is 0.240 e. The molecule has 1 aromatic carbocycles. The van der Waals surface area contributed by atoms with Gasteiger partial charge in [0, 0.05) is 17.9 Å². The Balaban J connectivity index is 1.76. The molecule has 8 heteroatoms. The van der Waals surface area contributed by atoms with E-state index in [1.165, 1.54) is 7.11 Å². The Morgan fingerprint density at radius 3 is 2.85 bits per heavy atom. The third-order valence-corrected chi connectivity index (χ3v) is 4.46. The Hall–Kier alpha value is -3.73. The van der Waals surface area contributed by atoms with Crippen LogP contribution in [0.3, 0.4) is 0 Å². The molecule has 0 fully saturated rings. The number of aromatic amines is 1. The molecule has 1 aliphatic heterocycles. The second-order valence-electron chi connectivity index (χ2n) is 6.32. The summed E-state index contributed by atoms with van der Waals surface area (Å²) in [4.78, 5) is 23.5. The van der Waals surface area contributed by atoms with Crippen molar-refractivity contribution in [2.45, 2.75) is 13.3 Å². The highest BCUT2D eigenvalue weighted by Gasteiger charge is 2.22. The number of carbonyl (C=O) groups is 1. The average Bonchev–Trinajstić information content (AvgIpc) is 3.10. The monoisotopic (exact) mass is 360 g/mol. The van der Waals surface area contributed by atoms with E-state index in [0.29, 0.717) is 23.7 Å². The van der Waals surface area contributed by atoms with Gasteiger partial charge in [-0.1, -0.05) is 13.0 Å². The normalized spacial score (nSPS) is 16.6. The van der Waals surface area contributed by atoms with Gasteiger partial charge in [-0.2, -0.15) is 10.4 Å². The van der Waals surface area contributed by atoms with E-state index in [0.717, 1.165) is 22.3 Å². The molecule has 0 spiro atoms. The molecular weight excluding hydrogens is 344 g/mol. The SMILES string of the molecule is COc1nc(C#N)ccc1-c1nc2cc(C3=NNC(=O)CC3C)ccc2[nH]1. The molecule has 0 saturated heterocycles. The predicted octanol–water partition coefficient (Wildman–Crippen LogP) is 2.37. The number of imidazole rings is 1. The third-order valence-electron chi connectivity index (χ3n) is 4.46. The fraction of sp³-hybridized carbons (Fsp3) is 0.211. The van der Waals surface area contributed by atoms with Crippen LogP contribution in [0.15, 0.2) is 35.4 Å². The van der Waals surface area contributed by atoms with Crippen molar-refractivity contribution < 1.29 is 9.53 Å². The van der Waals surface area contributed by atoms with E-state index in [1.807, 2.05) is 31.2 Å². The fourth-order valence-corrected chi connectivity index (χ4v) is 3.13. The number of hydrogen-bond donors (Lipinski definition) is 2. The molecule has 2 N–H and O–H groups in total. The summed E-state index contributed by atoms with van der Waals surface area (Å²) in [7, 11) is 1.50. The molecule has 0 saturated carbocycles. The number of hydrazone groups is 1. The van der Waals surface area contributed by atoms with E-state index in [-0.39, 0.29) is 17.5 Å². The van der Waals surface area contributed by atoms with Gasteiger partial charge in [-0.3, -0.25) is 4.79 Å². The number of hydrogen-bond acceptors (Lipinski definition) is 6. The highest BCUT2D eigenvalue weighted by atomic mass is 16.5. The topological polar surface area (TPSA) is 116 Å². The summed E-state index contributed by atoms with van der Waals surface area (Å²) in [6.07, 6.45) is 0.413. The van der Waals surface area contributed by atoms with Crippen LogP contribution in [0.5, 0.6) is 5.88 Å². The number of H-pyrrole nitrogens is 1. The summed E-state index contributed by atoms with van der Waals surface area (Å²) in [6.45, 7) is 1.98. The number of aromatic nitrogens is 3. The van der Waals surface area contributed by atoms with Crippen molar-refractivity contribution in [1.29, 1.82) is 5.26 Å². The van der Waals surface area contributed by atoms with Crippen LogP contribution in [-0.2, 0) is 4.79 Å². The number of ether oxygens (including phenoxy) is 1. The quantitative estimate of drug-likeness (QED) is 0.744. The van der Waals surface area contributed by atoms with Crippen LogP contribution in [0.1, 0.15) is 24.6 Å². The van der Waals surface area contributed by atoms with E-state index in [4.69, 9.17) is 10.00 Å². The van der Waals surface area contributed by atoms with Gasteiger partial charge in [-0.25, -0.2) is 15.4 Å². The predicted molar refractivity (Wildman–Crippen MR) is 99.1 cm³/mol. The lowest BCUT2D eigenvalue weighted by molar-refractivity contribution is -0.121. The molecule has 0 radical (unpaired) electrons. The second kappa shape index (κ2) is 6.53. The van der Waals surface area contributed by atoms with Crippen molar-refractivity contribution >= 4 is 22.7 Å². The largest absolute Gasteiger partial charge is 0.480 e. The first kappa shape index (κ1) is 16.7. The minimum Gasteiger partial charge on any atom is -0.480 e. The molecule has 1 atom stereocenters. The number of pyridine rings is 1. The molecule has 4 rings (SSSR count). The van der Waals surface area contributed by atoms with Crippen molar-refractivity contribution in [3.05, 3.63) is 41.6 Å². The van der Waals surface area contributed by atoms with Crippen LogP contribution in [0, 0.1) is 17.2 Å². The maximum atomic E-state index is 11.5. The number of fused-ring (bicyclic) bond motifs is 1. The van der Waals surface area contributed by atoms with Crippen molar-refractivity contribution in [3.8, 4) is 23.3 Å². The minimum absolute atomic E-state index is 0.0393. The van der Waals surface area contributed by atoms with Gasteiger partial charge in [-0.15, -0.1) is 0 Å². The molecule has 134 valence electrons. The third kappa shape index (κ3) is 3.00. The van der Waals surface area contributed by atoms with Gasteiger partial charge in [0.05, 0.1) is 29.4 Å². The van der Waals surface area contributed by atoms with Crippen molar-refractivity contribution in [2.75, 3.05) is 7.11 Å². The number of carbonyl (C=O) groups excluding carboxylic acids is 1. The first-order valence-electron chi connectivity index (χ1n) is 8.41. The number of benzene rings is 1. The summed E-state index contributed by atoms with van der Waals surface area (Å²) in [5.74, 6) is 0.900. The first-order valence-corrected chi connectivity index (χ1v) is 8.41. The Bertz CT molecular complexity index is 1120. The van der Waals surface area contributed by atoms with Crippen molar-refractivity contribution in [1.82, 2.24) is 20.4 Å². The fourth-order valence-electron chi connectivity index (χ4n) is 3.13. The van der Waals surface area contributed by atoms with Crippen LogP contribution < -0.4 is 10.2 Å². The maximum Gasteiger partial charge on any atom is 0.240 e. The van der Waals surface area contributed by atoms with E-state index in [1.54, 1.807) is 12.1 Å². The number of nitriles is 1. The van der Waals surface area contributed by atoms with Gasteiger partial charge in [0.2, 0.25) is 11.8 Å². The second-order valence-corrected chi connectivity index (χ2v) is 6.32. The zero-order valence-corrected chi connectivity index (χ0v) is 14.8. The highest BCUT2D eigenvalue weighted by Crippen LogP contribution is 2.29. The van der Waals surface area contributed by atoms with Crippen LogP contribution >= 0.6 is 0 Å². The number of nitrogens with one attached hydrogen (secondary N) is 2. The molecule has 1 aliphatic rings. The Kier molecular flexibility index (Phi) is 4.05. The molecule has 3 aromatic rings. The Labute approximate surface area is 154 Å². The summed E-state index contributed by atoms with van der Waals surface area (Å²) in [5.41, 5.74) is 6.85. The molecular formula is C19H16N6O2. The van der Waals surface area contributed by atoms with Gasteiger partial charge in [0.25, 0.3) is 0 Å². The standard InChI is InChI=1S/C19H16N6O2/c1-10-7-16(26)24-25-17(10)11-3-6-14-15(8-11)23-18(22-14)13-5-4-12(9-20)21-19(13)27-2/h3-6,8,10H,7H2,1-2H3,(H,22,23)(H,24,26). The average molecular weight is 360 g/mol. The van der Waals surface area contributed by atoms with Crippen LogP contribution in [-0.4, -0.2) is 33.7 Å². The number of amides is 1. The van der Waals surface area contributed by atoms with Crippen molar-refractivity contribution in [3.63, 3.8) is 0 Å². The van der Waals surface area contributed by atoms with E-state index >= 15 is 0 Å². The molecule has 8 nitrogen and oxygen atoms in total. The molecule has 3 heterocycles. The molecule has 1 unspecified atom stereocenters. The molecule has 2 aromatic heterocycles. The van der Waals surface area contributed by atoms with E-state index < -0.39 is 0 Å². The first-order chi connectivity index (χ1) is 13.1. The van der Waals surface area contributed by atoms with Gasteiger partial charge in [-0.05, 0) is 24.3 Å². The lowest BCUT2D eigenvalue weighted by Crippen LogP contribution is -2.31. The molecule has 1 amide bonds. The summed E-state index contributed by atoms with van der Waals surface area (Å²) in [5, 5.41) is 13.2. The van der Waals surface area contributed by atoms with E-state index in [9.17, 15) is 4.79 Å². The zero-order chi connectivity index (χ0) is 19.0. The molecule has 0 aliphatic carbocycles. The van der Waals surface area contributed by atoms with Crippen molar-refractivity contribution in [2.24, 2.45) is 11.0 Å². The number of methoxy groups -OCH3 is 1. The summed E-state index contributed by atoms with van der Waals surface area (Å²) >= 11 is 0. The van der Waals surface area contributed by atoms with Gasteiger partial charge in [0.15, 0.2) is 0 Å². The summed E-state index contributed by atoms with van der Waals surface area (Å²) < 4.78 is 5.30. The minimum atomic E-state index is -0.0743. The Morgan fingerprint density at radius 1 is 1.26 bits per heavy atom. The Morgan fingerprint density at radius 2 is 2.11 bits per heavy atom. The van der Waals surface area contributed by atoms with Gasteiger partial charge < -0.3 is 9.72 Å². The maximum absolute atomic E-state index is 11.5. The zero-order valence-electron chi connectivity index (χ0n) is 14.8. The molecule has 27 heavy (non-hydrogen) atoms. The van der Waals surface area contributed by atoms with E-state index in [2.05, 4.69) is 25.5 Å². The number of rotatable bonds is 3. The van der Waals surface area contributed by atoms with Crippen LogP contribution in [0.25, 0.3) is 22.4 Å². The van der Waals surface area contributed by atoms with Crippen LogP contribution in [0.4, 0.5) is 0 Å². The van der Waals surface area contributed by atoms with Gasteiger partial charge >= 0.3 is 0 Å². The lowest BCUT2D eigenvalue weighted by atomic mass is 9.94. The van der Waals surface area contributed by atoms with Crippen LogP contribution in [0.2, 0.25) is 0 Å². The van der Waals surface area contributed by atoms with Gasteiger partial charge in [0.1, 0.15) is 17.6 Å². The summed E-state index contributed by atoms with van der Waals surface area (Å²) in [6, 6.07) is 11.2.